The van der Waals surface area contributed by atoms with Gasteiger partial charge in [-0.05, 0) is 36.2 Å². The fourth-order valence-electron chi connectivity index (χ4n) is 2.38. The standard InChI is InChI=1S/C18H20N2O3/c21-18(20-16-10-11-22-13-16)19-15-6-8-17(9-7-15)23-12-14-4-2-1-3-5-14/h1-9,16H,10-13H2,(H2,19,20,21)/t16-/m0/s1. The highest BCUT2D eigenvalue weighted by atomic mass is 16.5. The van der Waals surface area contributed by atoms with E-state index in [1.165, 1.54) is 0 Å². The summed E-state index contributed by atoms with van der Waals surface area (Å²) in [4.78, 5) is 11.9. The number of urea groups is 1. The first kappa shape index (κ1) is 15.4. The van der Waals surface area contributed by atoms with Crippen molar-refractivity contribution in [2.45, 2.75) is 19.1 Å². The zero-order valence-corrected chi connectivity index (χ0v) is 12.8. The van der Waals surface area contributed by atoms with Crippen molar-refractivity contribution in [3.8, 4) is 5.75 Å². The van der Waals surface area contributed by atoms with Gasteiger partial charge in [-0.25, -0.2) is 4.79 Å². The molecule has 0 radical (unpaired) electrons. The van der Waals surface area contributed by atoms with Crippen molar-refractivity contribution in [1.82, 2.24) is 5.32 Å². The second-order valence-corrected chi connectivity index (χ2v) is 5.46. The Balaban J connectivity index is 1.47. The van der Waals surface area contributed by atoms with Crippen LogP contribution in [0.4, 0.5) is 10.5 Å². The van der Waals surface area contributed by atoms with Crippen molar-refractivity contribution in [3.63, 3.8) is 0 Å². The summed E-state index contributed by atoms with van der Waals surface area (Å²) in [5.41, 5.74) is 1.85. The Hall–Kier alpha value is -2.53. The summed E-state index contributed by atoms with van der Waals surface area (Å²) in [7, 11) is 0. The fraction of sp³-hybridized carbons (Fsp3) is 0.278. The molecule has 2 N–H and O–H groups in total. The third kappa shape index (κ3) is 4.72. The Morgan fingerprint density at radius 3 is 2.61 bits per heavy atom. The third-order valence-corrected chi connectivity index (χ3v) is 3.63. The molecule has 1 aliphatic heterocycles. The molecule has 0 bridgehead atoms. The van der Waals surface area contributed by atoms with E-state index in [9.17, 15) is 4.79 Å². The predicted octanol–water partition coefficient (Wildman–Crippen LogP) is 3.18. The molecule has 120 valence electrons. The molecule has 3 rings (SSSR count). The van der Waals surface area contributed by atoms with Crippen LogP contribution in [0.15, 0.2) is 54.6 Å². The van der Waals surface area contributed by atoms with Gasteiger partial charge in [0.15, 0.2) is 0 Å². The second-order valence-electron chi connectivity index (χ2n) is 5.46. The summed E-state index contributed by atoms with van der Waals surface area (Å²) in [5, 5.41) is 5.69. The number of hydrogen-bond donors (Lipinski definition) is 2. The van der Waals surface area contributed by atoms with Crippen LogP contribution < -0.4 is 15.4 Å². The number of amides is 2. The number of hydrogen-bond acceptors (Lipinski definition) is 3. The molecule has 5 nitrogen and oxygen atoms in total. The minimum atomic E-state index is -0.210. The van der Waals surface area contributed by atoms with E-state index in [2.05, 4.69) is 10.6 Å². The number of carbonyl (C=O) groups excluding carboxylic acids is 1. The molecule has 2 aromatic rings. The Morgan fingerprint density at radius 1 is 1.13 bits per heavy atom. The fourth-order valence-corrected chi connectivity index (χ4v) is 2.38. The van der Waals surface area contributed by atoms with Crippen LogP contribution >= 0.6 is 0 Å². The molecule has 0 unspecified atom stereocenters. The molecule has 5 heteroatoms. The minimum Gasteiger partial charge on any atom is -0.489 e. The number of anilines is 1. The molecule has 0 aromatic heterocycles. The van der Waals surface area contributed by atoms with Gasteiger partial charge in [0.25, 0.3) is 0 Å². The number of carbonyl (C=O) groups is 1. The summed E-state index contributed by atoms with van der Waals surface area (Å²) in [6, 6.07) is 17.2. The van der Waals surface area contributed by atoms with E-state index in [-0.39, 0.29) is 12.1 Å². The van der Waals surface area contributed by atoms with E-state index in [0.29, 0.717) is 19.8 Å². The minimum absolute atomic E-state index is 0.100. The first-order chi connectivity index (χ1) is 11.3. The molecule has 23 heavy (non-hydrogen) atoms. The first-order valence-electron chi connectivity index (χ1n) is 7.72. The van der Waals surface area contributed by atoms with Crippen molar-refractivity contribution in [1.29, 1.82) is 0 Å². The molecule has 0 saturated carbocycles. The lowest BCUT2D eigenvalue weighted by Crippen LogP contribution is -2.38. The molecule has 1 aliphatic rings. The highest BCUT2D eigenvalue weighted by Gasteiger charge is 2.17. The zero-order chi connectivity index (χ0) is 15.9. The van der Waals surface area contributed by atoms with Crippen LogP contribution in [0.1, 0.15) is 12.0 Å². The third-order valence-electron chi connectivity index (χ3n) is 3.63. The SMILES string of the molecule is O=C(Nc1ccc(OCc2ccccc2)cc1)N[C@H]1CCOC1. The van der Waals surface area contributed by atoms with Gasteiger partial charge in [-0.2, -0.15) is 0 Å². The predicted molar refractivity (Wildman–Crippen MR) is 88.6 cm³/mol. The number of benzene rings is 2. The average molecular weight is 312 g/mol. The largest absolute Gasteiger partial charge is 0.489 e. The highest BCUT2D eigenvalue weighted by molar-refractivity contribution is 5.89. The van der Waals surface area contributed by atoms with Gasteiger partial charge < -0.3 is 20.1 Å². The van der Waals surface area contributed by atoms with Crippen LogP contribution in [-0.2, 0) is 11.3 Å². The average Bonchev–Trinajstić information content (AvgIpc) is 3.08. The molecule has 0 spiro atoms. The lowest BCUT2D eigenvalue weighted by atomic mass is 10.2. The van der Waals surface area contributed by atoms with Gasteiger partial charge in [0.2, 0.25) is 0 Å². The van der Waals surface area contributed by atoms with Gasteiger partial charge in [0.1, 0.15) is 12.4 Å². The summed E-state index contributed by atoms with van der Waals surface area (Å²) in [6.07, 6.45) is 0.861. The van der Waals surface area contributed by atoms with E-state index in [1.54, 1.807) is 0 Å². The number of rotatable bonds is 5. The maximum Gasteiger partial charge on any atom is 0.319 e. The quantitative estimate of drug-likeness (QED) is 0.891. The van der Waals surface area contributed by atoms with Crippen molar-refractivity contribution >= 4 is 11.7 Å². The monoisotopic (exact) mass is 312 g/mol. The second kappa shape index (κ2) is 7.65. The van der Waals surface area contributed by atoms with E-state index in [0.717, 1.165) is 23.4 Å². The van der Waals surface area contributed by atoms with Crippen LogP contribution in [0.3, 0.4) is 0 Å². The Bertz CT molecular complexity index is 622. The lowest BCUT2D eigenvalue weighted by Gasteiger charge is -2.12. The Morgan fingerprint density at radius 2 is 1.91 bits per heavy atom. The molecular formula is C18H20N2O3. The Kier molecular flexibility index (Phi) is 5.11. The van der Waals surface area contributed by atoms with Gasteiger partial charge in [-0.15, -0.1) is 0 Å². The van der Waals surface area contributed by atoms with Crippen molar-refractivity contribution < 1.29 is 14.3 Å². The van der Waals surface area contributed by atoms with Crippen molar-refractivity contribution in [3.05, 3.63) is 60.2 Å². The molecule has 1 fully saturated rings. The Labute approximate surface area is 135 Å². The van der Waals surface area contributed by atoms with Gasteiger partial charge in [-0.3, -0.25) is 0 Å². The summed E-state index contributed by atoms with van der Waals surface area (Å²) < 4.78 is 10.9. The number of nitrogens with one attached hydrogen (secondary N) is 2. The smallest absolute Gasteiger partial charge is 0.319 e. The van der Waals surface area contributed by atoms with Crippen molar-refractivity contribution in [2.75, 3.05) is 18.5 Å². The van der Waals surface area contributed by atoms with Gasteiger partial charge in [0.05, 0.1) is 12.6 Å². The molecule has 2 aromatic carbocycles. The van der Waals surface area contributed by atoms with E-state index >= 15 is 0 Å². The molecule has 1 atom stereocenters. The van der Waals surface area contributed by atoms with Gasteiger partial charge in [-0.1, -0.05) is 30.3 Å². The summed E-state index contributed by atoms with van der Waals surface area (Å²) in [5.74, 6) is 0.768. The molecule has 1 heterocycles. The van der Waals surface area contributed by atoms with E-state index in [4.69, 9.17) is 9.47 Å². The van der Waals surface area contributed by atoms with Crippen LogP contribution in [0.25, 0.3) is 0 Å². The van der Waals surface area contributed by atoms with E-state index in [1.807, 2.05) is 54.6 Å². The molecule has 0 aliphatic carbocycles. The summed E-state index contributed by atoms with van der Waals surface area (Å²) >= 11 is 0. The van der Waals surface area contributed by atoms with Crippen LogP contribution in [0, 0.1) is 0 Å². The summed E-state index contributed by atoms with van der Waals surface area (Å²) in [6.45, 7) is 1.81. The van der Waals surface area contributed by atoms with Crippen LogP contribution in [0.2, 0.25) is 0 Å². The highest BCUT2D eigenvalue weighted by Crippen LogP contribution is 2.17. The van der Waals surface area contributed by atoms with E-state index < -0.39 is 0 Å². The zero-order valence-electron chi connectivity index (χ0n) is 12.8. The van der Waals surface area contributed by atoms with Crippen molar-refractivity contribution in [2.24, 2.45) is 0 Å². The normalized spacial score (nSPS) is 16.8. The maximum absolute atomic E-state index is 11.9. The van der Waals surface area contributed by atoms with Gasteiger partial charge in [0, 0.05) is 12.3 Å². The van der Waals surface area contributed by atoms with Crippen LogP contribution in [0.5, 0.6) is 5.75 Å². The van der Waals surface area contributed by atoms with Gasteiger partial charge >= 0.3 is 6.03 Å². The molecule has 1 saturated heterocycles. The maximum atomic E-state index is 11.9. The topological polar surface area (TPSA) is 59.6 Å². The number of ether oxygens (including phenoxy) is 2. The molecular weight excluding hydrogens is 292 g/mol. The first-order valence-corrected chi connectivity index (χ1v) is 7.72. The lowest BCUT2D eigenvalue weighted by molar-refractivity contribution is 0.189. The van der Waals surface area contributed by atoms with Crippen LogP contribution in [-0.4, -0.2) is 25.3 Å². The molecule has 2 amide bonds.